The smallest absolute Gasteiger partial charge is 0.233 e. The van der Waals surface area contributed by atoms with Gasteiger partial charge < -0.3 is 4.90 Å². The molecule has 0 atom stereocenters. The lowest BCUT2D eigenvalue weighted by atomic mass is 9.94. The minimum Gasteiger partial charge on any atom is -0.339 e. The molecular formula is C13H21N3OS3. The first kappa shape index (κ1) is 16.1. The summed E-state index contributed by atoms with van der Waals surface area (Å²) in [5.41, 5.74) is 0. The molecule has 0 unspecified atom stereocenters. The molecule has 1 aliphatic carbocycles. The van der Waals surface area contributed by atoms with E-state index in [1.54, 1.807) is 23.1 Å². The van der Waals surface area contributed by atoms with Crippen molar-refractivity contribution < 1.29 is 4.79 Å². The van der Waals surface area contributed by atoms with Crippen LogP contribution < -0.4 is 0 Å². The largest absolute Gasteiger partial charge is 0.339 e. The number of aromatic nitrogens is 2. The number of hydrogen-bond acceptors (Lipinski definition) is 6. The molecular weight excluding hydrogens is 310 g/mol. The van der Waals surface area contributed by atoms with E-state index in [0.29, 0.717) is 11.8 Å². The van der Waals surface area contributed by atoms with Gasteiger partial charge in [-0.15, -0.1) is 10.2 Å². The lowest BCUT2D eigenvalue weighted by Gasteiger charge is -2.33. The van der Waals surface area contributed by atoms with E-state index >= 15 is 0 Å². The third kappa shape index (κ3) is 4.36. The molecule has 0 aromatic carbocycles. The molecule has 20 heavy (non-hydrogen) atoms. The van der Waals surface area contributed by atoms with Crippen LogP contribution in [0.2, 0.25) is 0 Å². The highest BCUT2D eigenvalue weighted by Crippen LogP contribution is 2.28. The summed E-state index contributed by atoms with van der Waals surface area (Å²) in [5, 5.41) is 8.15. The summed E-state index contributed by atoms with van der Waals surface area (Å²) in [5.74, 6) is 0.721. The minimum atomic E-state index is 0.241. The molecule has 2 rings (SSSR count). The molecule has 7 heteroatoms. The van der Waals surface area contributed by atoms with Gasteiger partial charge in [-0.3, -0.25) is 4.79 Å². The second kappa shape index (κ2) is 8.24. The zero-order valence-corrected chi connectivity index (χ0v) is 14.5. The highest BCUT2D eigenvalue weighted by molar-refractivity contribution is 8.03. The maximum Gasteiger partial charge on any atom is 0.233 e. The summed E-state index contributed by atoms with van der Waals surface area (Å²) >= 11 is 4.67. The van der Waals surface area contributed by atoms with Crippen molar-refractivity contribution in [2.45, 2.75) is 53.7 Å². The highest BCUT2D eigenvalue weighted by Gasteiger charge is 2.24. The van der Waals surface area contributed by atoms with E-state index in [1.165, 1.54) is 43.9 Å². The van der Waals surface area contributed by atoms with Crippen LogP contribution in [0.3, 0.4) is 0 Å². The molecule has 1 fully saturated rings. The van der Waals surface area contributed by atoms with E-state index in [1.807, 2.05) is 6.26 Å². The van der Waals surface area contributed by atoms with Crippen molar-refractivity contribution in [2.24, 2.45) is 0 Å². The Labute approximate surface area is 133 Å². The van der Waals surface area contributed by atoms with Gasteiger partial charge >= 0.3 is 0 Å². The summed E-state index contributed by atoms with van der Waals surface area (Å²) in [6, 6.07) is 0.457. The molecule has 1 aliphatic rings. The van der Waals surface area contributed by atoms with Gasteiger partial charge in [-0.25, -0.2) is 0 Å². The van der Waals surface area contributed by atoms with Crippen molar-refractivity contribution in [1.29, 1.82) is 0 Å². The number of hydrogen-bond donors (Lipinski definition) is 0. The molecule has 1 amide bonds. The fourth-order valence-electron chi connectivity index (χ4n) is 2.58. The van der Waals surface area contributed by atoms with Crippen LogP contribution in [0.25, 0.3) is 0 Å². The molecule has 0 spiro atoms. The van der Waals surface area contributed by atoms with Gasteiger partial charge in [0, 0.05) is 12.6 Å². The average molecular weight is 332 g/mol. The topological polar surface area (TPSA) is 46.1 Å². The number of carbonyl (C=O) groups is 1. The van der Waals surface area contributed by atoms with Crippen LogP contribution in [0.4, 0.5) is 0 Å². The molecule has 0 saturated heterocycles. The lowest BCUT2D eigenvalue weighted by Crippen LogP contribution is -2.42. The van der Waals surface area contributed by atoms with E-state index in [-0.39, 0.29) is 5.91 Å². The summed E-state index contributed by atoms with van der Waals surface area (Å²) in [6.07, 6.45) is 8.16. The molecule has 0 bridgehead atoms. The van der Waals surface area contributed by atoms with Crippen LogP contribution in [0.1, 0.15) is 39.0 Å². The van der Waals surface area contributed by atoms with Crippen molar-refractivity contribution in [3.63, 3.8) is 0 Å². The molecule has 1 saturated carbocycles. The van der Waals surface area contributed by atoms with Crippen molar-refractivity contribution in [3.05, 3.63) is 0 Å². The van der Waals surface area contributed by atoms with Crippen LogP contribution in [-0.4, -0.2) is 45.6 Å². The summed E-state index contributed by atoms with van der Waals surface area (Å²) in [4.78, 5) is 14.4. The number of rotatable bonds is 6. The number of amides is 1. The van der Waals surface area contributed by atoms with Crippen molar-refractivity contribution in [2.75, 3.05) is 18.6 Å². The van der Waals surface area contributed by atoms with E-state index in [4.69, 9.17) is 0 Å². The lowest BCUT2D eigenvalue weighted by molar-refractivity contribution is -0.131. The third-order valence-corrected chi connectivity index (χ3v) is 6.58. The quantitative estimate of drug-likeness (QED) is 0.746. The summed E-state index contributed by atoms with van der Waals surface area (Å²) in [7, 11) is 0. The Balaban J connectivity index is 1.85. The van der Waals surface area contributed by atoms with Crippen molar-refractivity contribution >= 4 is 40.8 Å². The molecule has 0 aliphatic heterocycles. The fraction of sp³-hybridized carbons (Fsp3) is 0.769. The third-order valence-electron chi connectivity index (χ3n) is 3.56. The van der Waals surface area contributed by atoms with Gasteiger partial charge in [0.1, 0.15) is 0 Å². The zero-order chi connectivity index (χ0) is 14.4. The molecule has 0 N–H and O–H groups in total. The Morgan fingerprint density at radius 2 is 2.00 bits per heavy atom. The second-order valence-corrected chi connectivity index (χ2v) is 8.05. The van der Waals surface area contributed by atoms with Gasteiger partial charge in [0.25, 0.3) is 0 Å². The maximum absolute atomic E-state index is 12.4. The summed E-state index contributed by atoms with van der Waals surface area (Å²) in [6.45, 7) is 2.89. The normalized spacial score (nSPS) is 16.3. The Kier molecular flexibility index (Phi) is 6.64. The van der Waals surface area contributed by atoms with Crippen LogP contribution in [0.15, 0.2) is 8.68 Å². The van der Waals surface area contributed by atoms with Gasteiger partial charge in [0.15, 0.2) is 8.68 Å². The number of thioether (sulfide) groups is 2. The maximum atomic E-state index is 12.4. The van der Waals surface area contributed by atoms with Crippen molar-refractivity contribution in [3.8, 4) is 0 Å². The molecule has 4 nitrogen and oxygen atoms in total. The van der Waals surface area contributed by atoms with Crippen LogP contribution in [-0.2, 0) is 4.79 Å². The number of nitrogens with zero attached hydrogens (tertiary/aromatic N) is 3. The first-order chi connectivity index (χ1) is 9.74. The molecule has 1 heterocycles. The van der Waals surface area contributed by atoms with E-state index in [2.05, 4.69) is 22.0 Å². The van der Waals surface area contributed by atoms with Gasteiger partial charge in [0.2, 0.25) is 5.91 Å². The zero-order valence-electron chi connectivity index (χ0n) is 12.0. The predicted octanol–water partition coefficient (Wildman–Crippen LogP) is 3.53. The number of carbonyl (C=O) groups excluding carboxylic acids is 1. The van der Waals surface area contributed by atoms with Gasteiger partial charge in [0.05, 0.1) is 5.75 Å². The van der Waals surface area contributed by atoms with Gasteiger partial charge in [-0.1, -0.05) is 54.1 Å². The van der Waals surface area contributed by atoms with Crippen LogP contribution >= 0.6 is 34.9 Å². The Bertz CT molecular complexity index is 432. The van der Waals surface area contributed by atoms with E-state index in [0.717, 1.165) is 15.2 Å². The Morgan fingerprint density at radius 1 is 1.30 bits per heavy atom. The second-order valence-electron chi connectivity index (χ2n) is 4.80. The average Bonchev–Trinajstić information content (AvgIpc) is 2.95. The SMILES string of the molecule is CCN(C(=O)CSc1nnc(SC)s1)C1CCCCC1. The Morgan fingerprint density at radius 3 is 2.60 bits per heavy atom. The Hall–Kier alpha value is -0.270. The molecule has 1 aromatic heterocycles. The summed E-state index contributed by atoms with van der Waals surface area (Å²) < 4.78 is 1.85. The first-order valence-electron chi connectivity index (χ1n) is 7.04. The monoisotopic (exact) mass is 331 g/mol. The molecule has 0 radical (unpaired) electrons. The highest BCUT2D eigenvalue weighted by atomic mass is 32.2. The minimum absolute atomic E-state index is 0.241. The molecule has 1 aromatic rings. The standard InChI is InChI=1S/C13H21N3OS3/c1-3-16(10-7-5-4-6-8-10)11(17)9-19-13-15-14-12(18-2)20-13/h10H,3-9H2,1-2H3. The van der Waals surface area contributed by atoms with Crippen LogP contribution in [0, 0.1) is 0 Å². The van der Waals surface area contributed by atoms with Gasteiger partial charge in [-0.05, 0) is 26.0 Å². The van der Waals surface area contributed by atoms with Gasteiger partial charge in [-0.2, -0.15) is 0 Å². The first-order valence-corrected chi connectivity index (χ1v) is 10.1. The fourth-order valence-corrected chi connectivity index (χ4v) is 4.90. The van der Waals surface area contributed by atoms with E-state index < -0.39 is 0 Å². The van der Waals surface area contributed by atoms with E-state index in [9.17, 15) is 4.79 Å². The van der Waals surface area contributed by atoms with Crippen LogP contribution in [0.5, 0.6) is 0 Å². The predicted molar refractivity (Wildman–Crippen MR) is 86.7 cm³/mol. The molecule has 112 valence electrons. The van der Waals surface area contributed by atoms with Crippen molar-refractivity contribution in [1.82, 2.24) is 15.1 Å².